The zero-order valence-corrected chi connectivity index (χ0v) is 11.1. The van der Waals surface area contributed by atoms with Crippen LogP contribution in [0.3, 0.4) is 0 Å². The van der Waals surface area contributed by atoms with Gasteiger partial charge in [0.25, 0.3) is 0 Å². The maximum Gasteiger partial charge on any atom is 0.239 e. The fraction of sp³-hybridized carbons (Fsp3) is 0.833. The number of rotatable bonds is 9. The third-order valence-corrected chi connectivity index (χ3v) is 2.44. The number of amides is 2. The highest BCUT2D eigenvalue weighted by Gasteiger charge is 2.12. The van der Waals surface area contributed by atoms with Gasteiger partial charge in [-0.25, -0.2) is 0 Å². The van der Waals surface area contributed by atoms with E-state index in [0.717, 1.165) is 19.3 Å². The highest BCUT2D eigenvalue weighted by molar-refractivity contribution is 5.83. The Morgan fingerprint density at radius 2 is 2.00 bits per heavy atom. The van der Waals surface area contributed by atoms with Crippen LogP contribution in [0.25, 0.3) is 0 Å². The predicted molar refractivity (Wildman–Crippen MR) is 66.7 cm³/mol. The van der Waals surface area contributed by atoms with Gasteiger partial charge in [0.05, 0.1) is 13.2 Å². The van der Waals surface area contributed by atoms with Crippen molar-refractivity contribution in [2.75, 3.05) is 33.4 Å². The van der Waals surface area contributed by atoms with Gasteiger partial charge in [-0.1, -0.05) is 19.8 Å². The fourth-order valence-corrected chi connectivity index (χ4v) is 1.42. The summed E-state index contributed by atoms with van der Waals surface area (Å²) >= 11 is 0. The van der Waals surface area contributed by atoms with Crippen LogP contribution in [-0.4, -0.2) is 50.1 Å². The number of carbonyl (C=O) groups is 2. The van der Waals surface area contributed by atoms with Crippen molar-refractivity contribution in [3.05, 3.63) is 0 Å². The monoisotopic (exact) mass is 244 g/mol. The van der Waals surface area contributed by atoms with Gasteiger partial charge in [0.2, 0.25) is 11.8 Å². The van der Waals surface area contributed by atoms with Crippen LogP contribution in [0.15, 0.2) is 0 Å². The number of unbranched alkanes of at least 4 members (excludes halogenated alkanes) is 2. The minimum atomic E-state index is -0.131. The first-order valence-corrected chi connectivity index (χ1v) is 6.13. The van der Waals surface area contributed by atoms with Gasteiger partial charge in [0.1, 0.15) is 0 Å². The molecule has 0 aromatic heterocycles. The number of carbonyl (C=O) groups excluding carboxylic acids is 2. The molecule has 5 nitrogen and oxygen atoms in total. The maximum absolute atomic E-state index is 11.5. The Hall–Kier alpha value is -1.10. The molecule has 0 saturated carbocycles. The van der Waals surface area contributed by atoms with Crippen molar-refractivity contribution in [1.82, 2.24) is 10.2 Å². The van der Waals surface area contributed by atoms with E-state index in [2.05, 4.69) is 12.2 Å². The fourth-order valence-electron chi connectivity index (χ4n) is 1.42. The first kappa shape index (κ1) is 15.9. The van der Waals surface area contributed by atoms with Crippen LogP contribution < -0.4 is 5.32 Å². The lowest BCUT2D eigenvalue weighted by Crippen LogP contribution is -2.41. The highest BCUT2D eigenvalue weighted by atomic mass is 16.5. The van der Waals surface area contributed by atoms with Crippen LogP contribution in [0.2, 0.25) is 0 Å². The molecule has 2 amide bonds. The van der Waals surface area contributed by atoms with Gasteiger partial charge < -0.3 is 15.0 Å². The lowest BCUT2D eigenvalue weighted by Gasteiger charge is -2.20. The van der Waals surface area contributed by atoms with E-state index in [1.165, 1.54) is 6.92 Å². The zero-order chi connectivity index (χ0) is 13.1. The van der Waals surface area contributed by atoms with Crippen LogP contribution >= 0.6 is 0 Å². The summed E-state index contributed by atoms with van der Waals surface area (Å²) in [5, 5.41) is 2.70. The molecular formula is C12H24N2O3. The lowest BCUT2D eigenvalue weighted by molar-refractivity contribution is -0.134. The normalized spacial score (nSPS) is 10.1. The molecule has 0 aliphatic rings. The summed E-state index contributed by atoms with van der Waals surface area (Å²) in [4.78, 5) is 24.4. The number of nitrogens with zero attached hydrogens (tertiary/aromatic N) is 1. The van der Waals surface area contributed by atoms with Crippen LogP contribution in [0.4, 0.5) is 0 Å². The average Bonchev–Trinajstić information content (AvgIpc) is 2.28. The number of hydrogen-bond donors (Lipinski definition) is 1. The molecule has 0 heterocycles. The van der Waals surface area contributed by atoms with Crippen molar-refractivity contribution in [1.29, 1.82) is 0 Å². The number of nitrogens with one attached hydrogen (secondary N) is 1. The van der Waals surface area contributed by atoms with E-state index < -0.39 is 0 Å². The molecule has 0 fully saturated rings. The summed E-state index contributed by atoms with van der Waals surface area (Å²) in [5.74, 6) is -0.184. The Balaban J connectivity index is 3.89. The van der Waals surface area contributed by atoms with Gasteiger partial charge in [-0.3, -0.25) is 9.59 Å². The summed E-state index contributed by atoms with van der Waals surface area (Å²) in [6.07, 6.45) is 3.13. The average molecular weight is 244 g/mol. The van der Waals surface area contributed by atoms with Crippen molar-refractivity contribution in [2.45, 2.75) is 33.1 Å². The van der Waals surface area contributed by atoms with E-state index in [1.54, 1.807) is 12.0 Å². The first-order chi connectivity index (χ1) is 8.11. The number of ether oxygens (including phenoxy) is 1. The molecule has 0 aromatic carbocycles. The van der Waals surface area contributed by atoms with Crippen LogP contribution in [0.1, 0.15) is 33.1 Å². The van der Waals surface area contributed by atoms with Gasteiger partial charge >= 0.3 is 0 Å². The molecule has 1 N–H and O–H groups in total. The Kier molecular flexibility index (Phi) is 9.43. The number of methoxy groups -OCH3 is 1. The molecule has 17 heavy (non-hydrogen) atoms. The van der Waals surface area contributed by atoms with Gasteiger partial charge in [-0.2, -0.15) is 0 Å². The molecule has 0 spiro atoms. The first-order valence-electron chi connectivity index (χ1n) is 6.13. The molecule has 100 valence electrons. The quantitative estimate of drug-likeness (QED) is 0.610. The minimum Gasteiger partial charge on any atom is -0.383 e. The van der Waals surface area contributed by atoms with E-state index in [1.807, 2.05) is 0 Å². The highest BCUT2D eigenvalue weighted by Crippen LogP contribution is 1.98. The third-order valence-electron chi connectivity index (χ3n) is 2.44. The summed E-state index contributed by atoms with van der Waals surface area (Å²) < 4.78 is 4.83. The molecule has 0 atom stereocenters. The molecule has 0 bridgehead atoms. The van der Waals surface area contributed by atoms with Crippen LogP contribution in [0.5, 0.6) is 0 Å². The molecule has 5 heteroatoms. The van der Waals surface area contributed by atoms with Crippen molar-refractivity contribution >= 4 is 11.8 Å². The summed E-state index contributed by atoms with van der Waals surface area (Å²) in [7, 11) is 1.58. The van der Waals surface area contributed by atoms with E-state index in [0.29, 0.717) is 19.7 Å². The standard InChI is InChI=1S/C12H24N2O3/c1-4-5-6-8-14(11(2)15)10-12(16)13-7-9-17-3/h4-10H2,1-3H3,(H,13,16). The van der Waals surface area contributed by atoms with E-state index in [-0.39, 0.29) is 18.4 Å². The third kappa shape index (κ3) is 8.68. The van der Waals surface area contributed by atoms with E-state index in [9.17, 15) is 9.59 Å². The smallest absolute Gasteiger partial charge is 0.239 e. The minimum absolute atomic E-state index is 0.0528. The van der Waals surface area contributed by atoms with Gasteiger partial charge in [-0.15, -0.1) is 0 Å². The topological polar surface area (TPSA) is 58.6 Å². The van der Waals surface area contributed by atoms with Crippen molar-refractivity contribution in [3.8, 4) is 0 Å². The molecule has 0 rings (SSSR count). The maximum atomic E-state index is 11.5. The SMILES string of the molecule is CCCCCN(CC(=O)NCCOC)C(C)=O. The molecular weight excluding hydrogens is 220 g/mol. The molecule has 0 aliphatic carbocycles. The molecule has 0 unspecified atom stereocenters. The van der Waals surface area contributed by atoms with Gasteiger partial charge in [0.15, 0.2) is 0 Å². The second kappa shape index (κ2) is 10.1. The molecule has 0 saturated heterocycles. The zero-order valence-electron chi connectivity index (χ0n) is 11.1. The van der Waals surface area contributed by atoms with Crippen molar-refractivity contribution in [2.24, 2.45) is 0 Å². The van der Waals surface area contributed by atoms with Gasteiger partial charge in [0, 0.05) is 27.1 Å². The second-order valence-electron chi connectivity index (χ2n) is 3.99. The predicted octanol–water partition coefficient (Wildman–Crippen LogP) is 0.788. The van der Waals surface area contributed by atoms with E-state index in [4.69, 9.17) is 4.74 Å². The molecule has 0 aliphatic heterocycles. The lowest BCUT2D eigenvalue weighted by atomic mass is 10.2. The Morgan fingerprint density at radius 3 is 2.53 bits per heavy atom. The van der Waals surface area contributed by atoms with Crippen LogP contribution in [-0.2, 0) is 14.3 Å². The Bertz CT molecular complexity index is 232. The van der Waals surface area contributed by atoms with E-state index >= 15 is 0 Å². The Labute approximate surface area is 103 Å². The van der Waals surface area contributed by atoms with Crippen LogP contribution in [0, 0.1) is 0 Å². The Morgan fingerprint density at radius 1 is 1.29 bits per heavy atom. The molecule has 0 aromatic rings. The largest absolute Gasteiger partial charge is 0.383 e. The summed E-state index contributed by atoms with van der Waals surface area (Å²) in [6, 6.07) is 0. The second-order valence-corrected chi connectivity index (χ2v) is 3.99. The number of hydrogen-bond acceptors (Lipinski definition) is 3. The van der Waals surface area contributed by atoms with Crippen molar-refractivity contribution < 1.29 is 14.3 Å². The molecule has 0 radical (unpaired) electrons. The van der Waals surface area contributed by atoms with Gasteiger partial charge in [-0.05, 0) is 6.42 Å². The summed E-state index contributed by atoms with van der Waals surface area (Å²) in [6.45, 7) is 5.37. The summed E-state index contributed by atoms with van der Waals surface area (Å²) in [5.41, 5.74) is 0. The van der Waals surface area contributed by atoms with Crippen molar-refractivity contribution in [3.63, 3.8) is 0 Å².